The van der Waals surface area contributed by atoms with Crippen molar-refractivity contribution in [3.8, 4) is 11.5 Å². The molecule has 0 amide bonds. The van der Waals surface area contributed by atoms with Crippen molar-refractivity contribution < 1.29 is 9.47 Å². The second-order valence-electron chi connectivity index (χ2n) is 4.62. The molecule has 1 aromatic heterocycles. The standard InChI is InChI=1S/C14H18N4O2/c1-2-15-13(14-16-9-17-18-14)10-4-5-11-12(8-10)20-7-3-6-19-11/h4-5,8-9,13,15H,2-3,6-7H2,1H3,(H,16,17,18). The molecule has 0 bridgehead atoms. The predicted molar refractivity (Wildman–Crippen MR) is 74.0 cm³/mol. The minimum atomic E-state index is -0.0281. The Balaban J connectivity index is 1.93. The van der Waals surface area contributed by atoms with Gasteiger partial charge in [0, 0.05) is 6.42 Å². The zero-order valence-electron chi connectivity index (χ0n) is 11.4. The lowest BCUT2D eigenvalue weighted by Crippen LogP contribution is -2.23. The fourth-order valence-corrected chi connectivity index (χ4v) is 2.29. The van der Waals surface area contributed by atoms with Crippen LogP contribution in [0.4, 0.5) is 0 Å². The average molecular weight is 274 g/mol. The number of nitrogens with zero attached hydrogens (tertiary/aromatic N) is 2. The molecule has 20 heavy (non-hydrogen) atoms. The number of hydrogen-bond acceptors (Lipinski definition) is 5. The Morgan fingerprint density at radius 2 is 2.15 bits per heavy atom. The van der Waals surface area contributed by atoms with Crippen LogP contribution in [0.1, 0.15) is 30.8 Å². The summed E-state index contributed by atoms with van der Waals surface area (Å²) in [7, 11) is 0. The van der Waals surface area contributed by atoms with Gasteiger partial charge in [-0.2, -0.15) is 5.10 Å². The van der Waals surface area contributed by atoms with Crippen molar-refractivity contribution in [3.63, 3.8) is 0 Å². The van der Waals surface area contributed by atoms with E-state index in [1.165, 1.54) is 6.33 Å². The van der Waals surface area contributed by atoms with Gasteiger partial charge in [-0.25, -0.2) is 4.98 Å². The number of H-pyrrole nitrogens is 1. The van der Waals surface area contributed by atoms with Crippen LogP contribution in [0.15, 0.2) is 24.5 Å². The molecule has 106 valence electrons. The summed E-state index contributed by atoms with van der Waals surface area (Å²) in [4.78, 5) is 4.24. The Hall–Kier alpha value is -2.08. The molecule has 0 radical (unpaired) electrons. The Morgan fingerprint density at radius 3 is 2.90 bits per heavy atom. The summed E-state index contributed by atoms with van der Waals surface area (Å²) in [5, 5.41) is 10.2. The van der Waals surface area contributed by atoms with Gasteiger partial charge in [0.15, 0.2) is 11.5 Å². The lowest BCUT2D eigenvalue weighted by Gasteiger charge is -2.17. The highest BCUT2D eigenvalue weighted by molar-refractivity contribution is 5.45. The van der Waals surface area contributed by atoms with Crippen LogP contribution in [-0.4, -0.2) is 34.9 Å². The van der Waals surface area contributed by atoms with E-state index in [-0.39, 0.29) is 6.04 Å². The second-order valence-corrected chi connectivity index (χ2v) is 4.62. The average Bonchev–Trinajstić information content (AvgIpc) is 2.89. The van der Waals surface area contributed by atoms with E-state index >= 15 is 0 Å². The normalized spacial score (nSPS) is 15.7. The number of aromatic amines is 1. The summed E-state index contributed by atoms with van der Waals surface area (Å²) in [5.74, 6) is 2.39. The number of nitrogens with one attached hydrogen (secondary N) is 2. The maximum Gasteiger partial charge on any atom is 0.161 e. The third-order valence-electron chi connectivity index (χ3n) is 3.22. The Bertz CT molecular complexity index is 556. The molecular formula is C14H18N4O2. The highest BCUT2D eigenvalue weighted by atomic mass is 16.5. The monoisotopic (exact) mass is 274 g/mol. The Kier molecular flexibility index (Phi) is 3.83. The fraction of sp³-hybridized carbons (Fsp3) is 0.429. The maximum atomic E-state index is 5.74. The molecule has 0 aliphatic carbocycles. The van der Waals surface area contributed by atoms with Crippen LogP contribution in [0.5, 0.6) is 11.5 Å². The topological polar surface area (TPSA) is 72.1 Å². The van der Waals surface area contributed by atoms with E-state index in [2.05, 4.69) is 27.4 Å². The smallest absolute Gasteiger partial charge is 0.161 e. The first-order valence-corrected chi connectivity index (χ1v) is 6.86. The number of fused-ring (bicyclic) bond motifs is 1. The first kappa shape index (κ1) is 12.9. The van der Waals surface area contributed by atoms with Gasteiger partial charge in [-0.1, -0.05) is 13.0 Å². The molecule has 1 aliphatic heterocycles. The predicted octanol–water partition coefficient (Wildman–Crippen LogP) is 1.66. The van der Waals surface area contributed by atoms with Gasteiger partial charge in [0.1, 0.15) is 12.2 Å². The van der Waals surface area contributed by atoms with Crippen LogP contribution in [0.2, 0.25) is 0 Å². The fourth-order valence-electron chi connectivity index (χ4n) is 2.29. The SMILES string of the molecule is CCNC(c1ccc2c(c1)OCCCO2)c1ncn[nH]1. The summed E-state index contributed by atoms with van der Waals surface area (Å²) < 4.78 is 11.4. The van der Waals surface area contributed by atoms with Crippen LogP contribution in [-0.2, 0) is 0 Å². The van der Waals surface area contributed by atoms with Crippen molar-refractivity contribution in [2.75, 3.05) is 19.8 Å². The number of hydrogen-bond donors (Lipinski definition) is 2. The van der Waals surface area contributed by atoms with E-state index in [1.807, 2.05) is 18.2 Å². The molecule has 1 atom stereocenters. The van der Waals surface area contributed by atoms with Gasteiger partial charge in [0.2, 0.25) is 0 Å². The molecule has 6 heteroatoms. The molecule has 0 saturated carbocycles. The third kappa shape index (κ3) is 2.60. The lowest BCUT2D eigenvalue weighted by atomic mass is 10.1. The van der Waals surface area contributed by atoms with Gasteiger partial charge in [0.05, 0.1) is 19.3 Å². The second kappa shape index (κ2) is 5.92. The first-order chi connectivity index (χ1) is 9.88. The molecule has 0 spiro atoms. The van der Waals surface area contributed by atoms with Gasteiger partial charge in [-0.3, -0.25) is 5.10 Å². The van der Waals surface area contributed by atoms with Gasteiger partial charge < -0.3 is 14.8 Å². The summed E-state index contributed by atoms with van der Waals surface area (Å²) in [6, 6.07) is 5.97. The van der Waals surface area contributed by atoms with Crippen LogP contribution in [0.25, 0.3) is 0 Å². The number of ether oxygens (including phenoxy) is 2. The summed E-state index contributed by atoms with van der Waals surface area (Å²) in [6.07, 6.45) is 2.42. The van der Waals surface area contributed by atoms with Gasteiger partial charge in [-0.15, -0.1) is 0 Å². The quantitative estimate of drug-likeness (QED) is 0.887. The molecule has 2 aromatic rings. The summed E-state index contributed by atoms with van der Waals surface area (Å²) >= 11 is 0. The Labute approximate surface area is 117 Å². The molecule has 2 N–H and O–H groups in total. The third-order valence-corrected chi connectivity index (χ3v) is 3.22. The molecular weight excluding hydrogens is 256 g/mol. The van der Waals surface area contributed by atoms with Crippen molar-refractivity contribution in [2.24, 2.45) is 0 Å². The Morgan fingerprint density at radius 1 is 1.30 bits per heavy atom. The molecule has 1 aromatic carbocycles. The van der Waals surface area contributed by atoms with Crippen molar-refractivity contribution >= 4 is 0 Å². The largest absolute Gasteiger partial charge is 0.490 e. The van der Waals surface area contributed by atoms with Crippen molar-refractivity contribution in [3.05, 3.63) is 35.9 Å². The minimum Gasteiger partial charge on any atom is -0.490 e. The molecule has 0 fully saturated rings. The van der Waals surface area contributed by atoms with E-state index in [4.69, 9.17) is 9.47 Å². The van der Waals surface area contributed by atoms with Gasteiger partial charge >= 0.3 is 0 Å². The first-order valence-electron chi connectivity index (χ1n) is 6.86. The molecule has 3 rings (SSSR count). The van der Waals surface area contributed by atoms with Crippen LogP contribution in [0.3, 0.4) is 0 Å². The highest BCUT2D eigenvalue weighted by Crippen LogP contribution is 2.33. The number of benzene rings is 1. The lowest BCUT2D eigenvalue weighted by molar-refractivity contribution is 0.297. The highest BCUT2D eigenvalue weighted by Gasteiger charge is 2.19. The molecule has 1 unspecified atom stereocenters. The molecule has 6 nitrogen and oxygen atoms in total. The molecule has 2 heterocycles. The van der Waals surface area contributed by atoms with Crippen LogP contribution in [0, 0.1) is 0 Å². The zero-order chi connectivity index (χ0) is 13.8. The van der Waals surface area contributed by atoms with Gasteiger partial charge in [-0.05, 0) is 24.2 Å². The van der Waals surface area contributed by atoms with E-state index in [1.54, 1.807) is 0 Å². The van der Waals surface area contributed by atoms with Crippen molar-refractivity contribution in [1.82, 2.24) is 20.5 Å². The maximum absolute atomic E-state index is 5.74. The van der Waals surface area contributed by atoms with Crippen molar-refractivity contribution in [1.29, 1.82) is 0 Å². The molecule has 1 aliphatic rings. The van der Waals surface area contributed by atoms with E-state index < -0.39 is 0 Å². The number of aromatic nitrogens is 3. The van der Waals surface area contributed by atoms with Crippen LogP contribution >= 0.6 is 0 Å². The molecule has 0 saturated heterocycles. The van der Waals surface area contributed by atoms with Gasteiger partial charge in [0.25, 0.3) is 0 Å². The minimum absolute atomic E-state index is 0.0281. The van der Waals surface area contributed by atoms with E-state index in [9.17, 15) is 0 Å². The summed E-state index contributed by atoms with van der Waals surface area (Å²) in [6.45, 7) is 4.28. The van der Waals surface area contributed by atoms with Crippen molar-refractivity contribution in [2.45, 2.75) is 19.4 Å². The number of rotatable bonds is 4. The van der Waals surface area contributed by atoms with Crippen LogP contribution < -0.4 is 14.8 Å². The zero-order valence-corrected chi connectivity index (χ0v) is 11.4. The van der Waals surface area contributed by atoms with E-state index in [0.29, 0.717) is 13.2 Å². The van der Waals surface area contributed by atoms with E-state index in [0.717, 1.165) is 35.9 Å². The summed E-state index contributed by atoms with van der Waals surface area (Å²) in [5.41, 5.74) is 1.08.